The Bertz CT molecular complexity index is 668. The minimum absolute atomic E-state index is 0.201. The third-order valence-electron chi connectivity index (χ3n) is 3.82. The number of nitrogens with zero attached hydrogens (tertiary/aromatic N) is 5. The van der Waals surface area contributed by atoms with Crippen LogP contribution >= 0.6 is 11.3 Å². The molecule has 2 aromatic heterocycles. The minimum atomic E-state index is -2.57. The molecule has 0 amide bonds. The van der Waals surface area contributed by atoms with Crippen LogP contribution in [0.4, 0.5) is 14.6 Å². The predicted molar refractivity (Wildman–Crippen MR) is 86.1 cm³/mol. The molecule has 3 heterocycles. The van der Waals surface area contributed by atoms with Crippen LogP contribution in [0.1, 0.15) is 28.6 Å². The fourth-order valence-corrected chi connectivity index (χ4v) is 3.30. The molecule has 1 aliphatic rings. The molecule has 0 unspecified atom stereocenters. The number of aromatic nitrogens is 3. The van der Waals surface area contributed by atoms with E-state index in [-0.39, 0.29) is 5.69 Å². The molecule has 0 spiro atoms. The zero-order valence-corrected chi connectivity index (χ0v) is 14.0. The standard InChI is InChI=1S/C15H19F2N5S/c1-10-18-13(15(16)17)7-14(19-10)22-5-3-21(4-6-22)8-12-9-23-11(2)20-12/h7,9,15H,3-6,8H2,1-2H3. The number of piperazine rings is 1. The third kappa shape index (κ3) is 4.00. The topological polar surface area (TPSA) is 45.2 Å². The lowest BCUT2D eigenvalue weighted by Crippen LogP contribution is -2.46. The van der Waals surface area contributed by atoms with Gasteiger partial charge >= 0.3 is 0 Å². The van der Waals surface area contributed by atoms with Crippen molar-refractivity contribution in [2.24, 2.45) is 0 Å². The number of halogens is 2. The number of thiazole rings is 1. The number of rotatable bonds is 4. The number of anilines is 1. The van der Waals surface area contributed by atoms with E-state index in [1.807, 2.05) is 11.8 Å². The van der Waals surface area contributed by atoms with Crippen molar-refractivity contribution < 1.29 is 8.78 Å². The molecule has 0 atom stereocenters. The van der Waals surface area contributed by atoms with Crippen LogP contribution < -0.4 is 4.90 Å². The highest BCUT2D eigenvalue weighted by Crippen LogP contribution is 2.22. The van der Waals surface area contributed by atoms with Gasteiger partial charge in [0, 0.05) is 44.2 Å². The van der Waals surface area contributed by atoms with Crippen LogP contribution in [-0.2, 0) is 6.54 Å². The van der Waals surface area contributed by atoms with Crippen molar-refractivity contribution in [1.29, 1.82) is 0 Å². The molecule has 0 N–H and O–H groups in total. The van der Waals surface area contributed by atoms with E-state index in [0.717, 1.165) is 43.4 Å². The molecule has 3 rings (SSSR count). The monoisotopic (exact) mass is 339 g/mol. The van der Waals surface area contributed by atoms with Gasteiger partial charge in [-0.25, -0.2) is 23.7 Å². The molecule has 8 heteroatoms. The van der Waals surface area contributed by atoms with E-state index in [4.69, 9.17) is 0 Å². The summed E-state index contributed by atoms with van der Waals surface area (Å²) in [6.07, 6.45) is -2.57. The van der Waals surface area contributed by atoms with Crippen molar-refractivity contribution in [2.45, 2.75) is 26.8 Å². The Labute approximate surface area is 138 Å². The van der Waals surface area contributed by atoms with Gasteiger partial charge in [0.25, 0.3) is 6.43 Å². The summed E-state index contributed by atoms with van der Waals surface area (Å²) < 4.78 is 25.8. The van der Waals surface area contributed by atoms with Gasteiger partial charge < -0.3 is 4.90 Å². The van der Waals surface area contributed by atoms with Gasteiger partial charge in [-0.15, -0.1) is 11.3 Å². The van der Waals surface area contributed by atoms with Crippen molar-refractivity contribution in [2.75, 3.05) is 31.1 Å². The number of hydrogen-bond acceptors (Lipinski definition) is 6. The maximum Gasteiger partial charge on any atom is 0.280 e. The average molecular weight is 339 g/mol. The third-order valence-corrected chi connectivity index (χ3v) is 4.64. The van der Waals surface area contributed by atoms with E-state index in [2.05, 4.69) is 25.2 Å². The molecule has 5 nitrogen and oxygen atoms in total. The van der Waals surface area contributed by atoms with Crippen LogP contribution in [0.25, 0.3) is 0 Å². The fraction of sp³-hybridized carbons (Fsp3) is 0.533. The highest BCUT2D eigenvalue weighted by atomic mass is 32.1. The van der Waals surface area contributed by atoms with Gasteiger partial charge in [0.15, 0.2) is 0 Å². The first-order chi connectivity index (χ1) is 11.0. The van der Waals surface area contributed by atoms with Gasteiger partial charge in [0.05, 0.1) is 10.7 Å². The van der Waals surface area contributed by atoms with Gasteiger partial charge in [0.1, 0.15) is 17.3 Å². The van der Waals surface area contributed by atoms with Gasteiger partial charge in [-0.2, -0.15) is 0 Å². The molecule has 23 heavy (non-hydrogen) atoms. The molecule has 1 saturated heterocycles. The maximum atomic E-state index is 12.9. The Morgan fingerprint density at radius 3 is 2.48 bits per heavy atom. The highest BCUT2D eigenvalue weighted by Gasteiger charge is 2.21. The molecule has 0 aromatic carbocycles. The van der Waals surface area contributed by atoms with Gasteiger partial charge in [-0.05, 0) is 13.8 Å². The smallest absolute Gasteiger partial charge is 0.280 e. The van der Waals surface area contributed by atoms with Crippen LogP contribution in [0.5, 0.6) is 0 Å². The Morgan fingerprint density at radius 1 is 1.13 bits per heavy atom. The molecule has 0 bridgehead atoms. The van der Waals surface area contributed by atoms with E-state index in [9.17, 15) is 8.78 Å². The Balaban J connectivity index is 1.62. The van der Waals surface area contributed by atoms with Crippen molar-refractivity contribution in [3.05, 3.63) is 33.7 Å². The lowest BCUT2D eigenvalue weighted by Gasteiger charge is -2.35. The second-order valence-corrected chi connectivity index (χ2v) is 6.68. The van der Waals surface area contributed by atoms with Crippen molar-refractivity contribution in [3.8, 4) is 0 Å². The summed E-state index contributed by atoms with van der Waals surface area (Å²) in [6, 6.07) is 1.40. The molecule has 0 aliphatic carbocycles. The molecule has 0 radical (unpaired) electrons. The molecule has 124 valence electrons. The minimum Gasteiger partial charge on any atom is -0.354 e. The molecule has 1 fully saturated rings. The Morgan fingerprint density at radius 2 is 1.87 bits per heavy atom. The second kappa shape index (κ2) is 6.84. The van der Waals surface area contributed by atoms with E-state index in [1.54, 1.807) is 18.3 Å². The summed E-state index contributed by atoms with van der Waals surface area (Å²) in [7, 11) is 0. The molecular formula is C15H19F2N5S. The van der Waals surface area contributed by atoms with Crippen molar-refractivity contribution in [1.82, 2.24) is 19.9 Å². The highest BCUT2D eigenvalue weighted by molar-refractivity contribution is 7.09. The van der Waals surface area contributed by atoms with E-state index >= 15 is 0 Å². The van der Waals surface area contributed by atoms with Gasteiger partial charge in [-0.3, -0.25) is 4.90 Å². The first kappa shape index (κ1) is 16.2. The van der Waals surface area contributed by atoms with Crippen LogP contribution in [0.3, 0.4) is 0 Å². The van der Waals surface area contributed by atoms with Crippen LogP contribution in [-0.4, -0.2) is 46.0 Å². The van der Waals surface area contributed by atoms with Crippen molar-refractivity contribution >= 4 is 17.2 Å². The normalized spacial score (nSPS) is 16.3. The lowest BCUT2D eigenvalue weighted by atomic mass is 10.2. The van der Waals surface area contributed by atoms with Crippen LogP contribution in [0.2, 0.25) is 0 Å². The number of alkyl halides is 2. The fourth-order valence-electron chi connectivity index (χ4n) is 2.69. The molecule has 2 aromatic rings. The van der Waals surface area contributed by atoms with Crippen LogP contribution in [0.15, 0.2) is 11.4 Å². The van der Waals surface area contributed by atoms with Gasteiger partial charge in [-0.1, -0.05) is 0 Å². The van der Waals surface area contributed by atoms with Gasteiger partial charge in [0.2, 0.25) is 0 Å². The average Bonchev–Trinajstić information content (AvgIpc) is 2.92. The second-order valence-electron chi connectivity index (χ2n) is 5.62. The first-order valence-electron chi connectivity index (χ1n) is 7.53. The zero-order chi connectivity index (χ0) is 16.4. The number of aryl methyl sites for hydroxylation is 2. The maximum absolute atomic E-state index is 12.9. The summed E-state index contributed by atoms with van der Waals surface area (Å²) in [6.45, 7) is 7.75. The number of hydrogen-bond donors (Lipinski definition) is 0. The largest absolute Gasteiger partial charge is 0.354 e. The SMILES string of the molecule is Cc1nc(C(F)F)cc(N2CCN(Cc3csc(C)n3)CC2)n1. The van der Waals surface area contributed by atoms with E-state index in [1.165, 1.54) is 6.07 Å². The Hall–Kier alpha value is -1.67. The summed E-state index contributed by atoms with van der Waals surface area (Å²) >= 11 is 1.66. The van der Waals surface area contributed by atoms with E-state index < -0.39 is 6.43 Å². The molecular weight excluding hydrogens is 320 g/mol. The summed E-state index contributed by atoms with van der Waals surface area (Å²) in [5.74, 6) is 0.982. The van der Waals surface area contributed by atoms with Crippen LogP contribution in [0, 0.1) is 13.8 Å². The summed E-state index contributed by atoms with van der Waals surface area (Å²) in [4.78, 5) is 17.0. The zero-order valence-electron chi connectivity index (χ0n) is 13.2. The quantitative estimate of drug-likeness (QED) is 0.857. The Kier molecular flexibility index (Phi) is 4.82. The predicted octanol–water partition coefficient (Wildman–Crippen LogP) is 2.81. The molecule has 0 saturated carbocycles. The lowest BCUT2D eigenvalue weighted by molar-refractivity contribution is 0.145. The summed E-state index contributed by atoms with van der Waals surface area (Å²) in [5.41, 5.74) is 0.895. The summed E-state index contributed by atoms with van der Waals surface area (Å²) in [5, 5.41) is 3.17. The van der Waals surface area contributed by atoms with Crippen molar-refractivity contribution in [3.63, 3.8) is 0 Å². The first-order valence-corrected chi connectivity index (χ1v) is 8.41. The molecule has 1 aliphatic heterocycles. The van der Waals surface area contributed by atoms with E-state index in [0.29, 0.717) is 11.6 Å².